The summed E-state index contributed by atoms with van der Waals surface area (Å²) < 4.78 is 13.2. The van der Waals surface area contributed by atoms with E-state index in [0.29, 0.717) is 6.07 Å². The topological polar surface area (TPSA) is 101 Å². The predicted molar refractivity (Wildman–Crippen MR) is 49.7 cm³/mol. The maximum Gasteiger partial charge on any atom is 0.272 e. The minimum atomic E-state index is -1.04. The van der Waals surface area contributed by atoms with Gasteiger partial charge in [0.15, 0.2) is 0 Å². The molecule has 1 aromatic rings. The van der Waals surface area contributed by atoms with Crippen molar-refractivity contribution in [2.45, 2.75) is 0 Å². The van der Waals surface area contributed by atoms with Crippen molar-refractivity contribution in [2.75, 3.05) is 0 Å². The van der Waals surface area contributed by atoms with Crippen molar-refractivity contribution in [1.82, 2.24) is 10.9 Å². The first-order valence-electron chi connectivity index (χ1n) is 3.99. The van der Waals surface area contributed by atoms with Crippen LogP contribution in [-0.4, -0.2) is 17.2 Å². The Kier molecular flexibility index (Phi) is 3.49. The standard InChI is InChI=1S/C8H6FN3O4/c9-7-3-5(12(15)16)1-2-6(7)8(14)11-10-4-13/h1-4H,(H,10,13)(H,11,14). The molecule has 0 aliphatic carbocycles. The number of amides is 2. The third-order valence-corrected chi connectivity index (χ3v) is 1.65. The largest absolute Gasteiger partial charge is 0.277 e. The number of benzene rings is 1. The third-order valence-electron chi connectivity index (χ3n) is 1.65. The van der Waals surface area contributed by atoms with E-state index in [9.17, 15) is 24.1 Å². The molecule has 0 atom stereocenters. The number of hydrogen-bond donors (Lipinski definition) is 2. The fourth-order valence-electron chi connectivity index (χ4n) is 0.964. The van der Waals surface area contributed by atoms with E-state index >= 15 is 0 Å². The van der Waals surface area contributed by atoms with E-state index in [0.717, 1.165) is 12.1 Å². The third kappa shape index (κ3) is 2.50. The van der Waals surface area contributed by atoms with Gasteiger partial charge in [-0.05, 0) is 6.07 Å². The van der Waals surface area contributed by atoms with Gasteiger partial charge in [-0.15, -0.1) is 0 Å². The lowest BCUT2D eigenvalue weighted by molar-refractivity contribution is -0.385. The lowest BCUT2D eigenvalue weighted by Gasteiger charge is -2.03. The number of nitrogens with one attached hydrogen (secondary N) is 2. The average Bonchev–Trinajstić information content (AvgIpc) is 2.25. The van der Waals surface area contributed by atoms with Crippen LogP contribution in [0.5, 0.6) is 0 Å². The molecule has 2 N–H and O–H groups in total. The predicted octanol–water partition coefficient (Wildman–Crippen LogP) is 0.125. The molecule has 1 rings (SSSR count). The minimum absolute atomic E-state index is 0.196. The Balaban J connectivity index is 2.94. The van der Waals surface area contributed by atoms with Gasteiger partial charge in [0, 0.05) is 6.07 Å². The molecule has 0 spiro atoms. The van der Waals surface area contributed by atoms with Crippen LogP contribution in [0.3, 0.4) is 0 Å². The van der Waals surface area contributed by atoms with Gasteiger partial charge in [0.05, 0.1) is 16.6 Å². The normalized spacial score (nSPS) is 9.31. The molecule has 0 saturated heterocycles. The molecule has 2 amide bonds. The van der Waals surface area contributed by atoms with Gasteiger partial charge in [-0.1, -0.05) is 0 Å². The number of hydrogen-bond acceptors (Lipinski definition) is 4. The first-order valence-corrected chi connectivity index (χ1v) is 3.99. The maximum absolute atomic E-state index is 13.2. The highest BCUT2D eigenvalue weighted by atomic mass is 19.1. The zero-order valence-electron chi connectivity index (χ0n) is 7.77. The number of halogens is 1. The highest BCUT2D eigenvalue weighted by molar-refractivity contribution is 5.94. The number of hydrazine groups is 1. The van der Waals surface area contributed by atoms with Gasteiger partial charge in [0.1, 0.15) is 5.82 Å². The molecule has 1 aromatic carbocycles. The van der Waals surface area contributed by atoms with Gasteiger partial charge in [0.25, 0.3) is 11.6 Å². The number of carbonyl (C=O) groups excluding carboxylic acids is 2. The molecule has 7 nitrogen and oxygen atoms in total. The summed E-state index contributed by atoms with van der Waals surface area (Å²) in [5.41, 5.74) is 2.84. The summed E-state index contributed by atoms with van der Waals surface area (Å²) in [5.74, 6) is -1.95. The van der Waals surface area contributed by atoms with E-state index in [1.54, 1.807) is 0 Å². The molecule has 0 aliphatic rings. The molecule has 0 aromatic heterocycles. The van der Waals surface area contributed by atoms with E-state index in [-0.39, 0.29) is 6.41 Å². The van der Waals surface area contributed by atoms with Crippen molar-refractivity contribution >= 4 is 18.0 Å². The maximum atomic E-state index is 13.2. The second-order valence-electron chi connectivity index (χ2n) is 2.64. The monoisotopic (exact) mass is 227 g/mol. The summed E-state index contributed by atoms with van der Waals surface area (Å²) in [6.07, 6.45) is 0.196. The average molecular weight is 227 g/mol. The smallest absolute Gasteiger partial charge is 0.272 e. The van der Waals surface area contributed by atoms with Crippen LogP contribution in [0.4, 0.5) is 10.1 Å². The molecule has 84 valence electrons. The number of rotatable bonds is 4. The fourth-order valence-corrected chi connectivity index (χ4v) is 0.964. The number of nitrogens with zero attached hydrogens (tertiary/aromatic N) is 1. The zero-order chi connectivity index (χ0) is 12.1. The summed E-state index contributed by atoms with van der Waals surface area (Å²) in [7, 11) is 0. The summed E-state index contributed by atoms with van der Waals surface area (Å²) in [6.45, 7) is 0. The number of non-ortho nitro benzene ring substituents is 1. The van der Waals surface area contributed by atoms with Gasteiger partial charge < -0.3 is 0 Å². The van der Waals surface area contributed by atoms with Gasteiger partial charge >= 0.3 is 0 Å². The van der Waals surface area contributed by atoms with Crippen LogP contribution in [0.1, 0.15) is 10.4 Å². The summed E-state index contributed by atoms with van der Waals surface area (Å²) in [5, 5.41) is 10.3. The van der Waals surface area contributed by atoms with E-state index in [1.165, 1.54) is 0 Å². The van der Waals surface area contributed by atoms with Crippen molar-refractivity contribution in [1.29, 1.82) is 0 Å². The molecule has 16 heavy (non-hydrogen) atoms. The van der Waals surface area contributed by atoms with E-state index in [4.69, 9.17) is 0 Å². The van der Waals surface area contributed by atoms with Crippen molar-refractivity contribution in [2.24, 2.45) is 0 Å². The quantitative estimate of drug-likeness (QED) is 0.433. The Morgan fingerprint density at radius 3 is 2.69 bits per heavy atom. The highest BCUT2D eigenvalue weighted by Gasteiger charge is 2.15. The molecular formula is C8H6FN3O4. The molecule has 0 bridgehead atoms. The van der Waals surface area contributed by atoms with Crippen molar-refractivity contribution < 1.29 is 18.9 Å². The van der Waals surface area contributed by atoms with Crippen LogP contribution < -0.4 is 10.9 Å². The van der Waals surface area contributed by atoms with Crippen LogP contribution in [0.2, 0.25) is 0 Å². The number of nitro benzene ring substituents is 1. The molecule has 0 heterocycles. The second-order valence-corrected chi connectivity index (χ2v) is 2.64. The Hall–Kier alpha value is -2.51. The van der Waals surface area contributed by atoms with Crippen LogP contribution in [-0.2, 0) is 4.79 Å². The molecule has 0 fully saturated rings. The fraction of sp³-hybridized carbons (Fsp3) is 0. The molecule has 0 saturated carbocycles. The van der Waals surface area contributed by atoms with Crippen LogP contribution in [0.25, 0.3) is 0 Å². The van der Waals surface area contributed by atoms with Gasteiger partial charge in [-0.2, -0.15) is 0 Å². The minimum Gasteiger partial charge on any atom is -0.277 e. The Morgan fingerprint density at radius 2 is 2.19 bits per heavy atom. The van der Waals surface area contributed by atoms with Crippen molar-refractivity contribution in [3.05, 3.63) is 39.7 Å². The van der Waals surface area contributed by atoms with E-state index in [1.807, 2.05) is 10.9 Å². The Labute approximate surface area is 88.4 Å². The Morgan fingerprint density at radius 1 is 1.50 bits per heavy atom. The van der Waals surface area contributed by atoms with Gasteiger partial charge in [-0.25, -0.2) is 4.39 Å². The molecular weight excluding hydrogens is 221 g/mol. The molecule has 8 heteroatoms. The first kappa shape index (κ1) is 11.6. The first-order chi connectivity index (χ1) is 7.56. The lowest BCUT2D eigenvalue weighted by atomic mass is 10.2. The van der Waals surface area contributed by atoms with E-state index < -0.39 is 27.9 Å². The van der Waals surface area contributed by atoms with Crippen LogP contribution >= 0.6 is 0 Å². The molecule has 0 radical (unpaired) electrons. The van der Waals surface area contributed by atoms with Crippen LogP contribution in [0.15, 0.2) is 18.2 Å². The van der Waals surface area contributed by atoms with Gasteiger partial charge in [0.2, 0.25) is 6.41 Å². The SMILES string of the molecule is O=CNNC(=O)c1ccc([N+](=O)[O-])cc1F. The summed E-state index contributed by atoms with van der Waals surface area (Å²) in [6, 6.07) is 2.56. The van der Waals surface area contributed by atoms with Crippen LogP contribution in [0, 0.1) is 15.9 Å². The van der Waals surface area contributed by atoms with Crippen molar-refractivity contribution in [3.8, 4) is 0 Å². The van der Waals surface area contributed by atoms with E-state index in [2.05, 4.69) is 0 Å². The zero-order valence-corrected chi connectivity index (χ0v) is 7.77. The summed E-state index contributed by atoms with van der Waals surface area (Å²) >= 11 is 0. The van der Waals surface area contributed by atoms with Gasteiger partial charge in [-0.3, -0.25) is 30.6 Å². The number of carbonyl (C=O) groups is 2. The lowest BCUT2D eigenvalue weighted by Crippen LogP contribution is -2.36. The number of nitro groups is 1. The van der Waals surface area contributed by atoms with Crippen molar-refractivity contribution in [3.63, 3.8) is 0 Å². The molecule has 0 unspecified atom stereocenters. The molecule has 0 aliphatic heterocycles. The highest BCUT2D eigenvalue weighted by Crippen LogP contribution is 2.16. The Bertz CT molecular complexity index is 449. The summed E-state index contributed by atoms with van der Waals surface area (Å²) in [4.78, 5) is 30.5. The second kappa shape index (κ2) is 4.82.